The van der Waals surface area contributed by atoms with Crippen LogP contribution in [0.2, 0.25) is 0 Å². The molecule has 2 aromatic carbocycles. The Morgan fingerprint density at radius 2 is 1.93 bits per heavy atom. The van der Waals surface area contributed by atoms with Gasteiger partial charge in [-0.25, -0.2) is 4.98 Å². The number of benzene rings is 2. The van der Waals surface area contributed by atoms with Crippen LogP contribution < -0.4 is 15.2 Å². The third-order valence-corrected chi connectivity index (χ3v) is 4.43. The van der Waals surface area contributed by atoms with Crippen LogP contribution in [-0.4, -0.2) is 44.9 Å². The monoisotopic (exact) mass is 390 g/mol. The Morgan fingerprint density at radius 3 is 2.69 bits per heavy atom. The highest BCUT2D eigenvalue weighted by molar-refractivity contribution is 6.06. The summed E-state index contributed by atoms with van der Waals surface area (Å²) in [6.07, 6.45) is 0. The predicted molar refractivity (Wildman–Crippen MR) is 108 cm³/mol. The summed E-state index contributed by atoms with van der Waals surface area (Å²) in [5.74, 6) is 0.540. The highest BCUT2D eigenvalue weighted by Crippen LogP contribution is 2.29. The first-order valence-corrected chi connectivity index (χ1v) is 8.99. The predicted octanol–water partition coefficient (Wildman–Crippen LogP) is 2.38. The molecule has 0 aliphatic heterocycles. The van der Waals surface area contributed by atoms with E-state index in [0.717, 1.165) is 5.69 Å². The van der Waals surface area contributed by atoms with Gasteiger partial charge in [0.05, 0.1) is 12.2 Å². The maximum Gasteiger partial charge on any atom is 0.281 e. The summed E-state index contributed by atoms with van der Waals surface area (Å²) in [7, 11) is 1.71. The van der Waals surface area contributed by atoms with E-state index in [2.05, 4.69) is 25.4 Å². The molecule has 4 aromatic rings. The van der Waals surface area contributed by atoms with Crippen molar-refractivity contribution in [2.24, 2.45) is 0 Å². The molecule has 0 saturated carbocycles. The number of para-hydroxylation sites is 1. The van der Waals surface area contributed by atoms with Gasteiger partial charge in [0.25, 0.3) is 11.5 Å². The lowest BCUT2D eigenvalue weighted by molar-refractivity contribution is 0.0992. The minimum Gasteiger partial charge on any atom is -0.493 e. The van der Waals surface area contributed by atoms with Crippen molar-refractivity contribution in [2.45, 2.75) is 6.92 Å². The lowest BCUT2D eigenvalue weighted by Crippen LogP contribution is -2.26. The third kappa shape index (κ3) is 3.45. The smallest absolute Gasteiger partial charge is 0.281 e. The molecular formula is C20H18N6O3. The van der Waals surface area contributed by atoms with E-state index in [1.807, 2.05) is 37.3 Å². The molecule has 0 aliphatic carbocycles. The molecule has 29 heavy (non-hydrogen) atoms. The summed E-state index contributed by atoms with van der Waals surface area (Å²) in [4.78, 5) is 33.7. The number of rotatable bonds is 5. The first-order chi connectivity index (χ1) is 14.1. The van der Waals surface area contributed by atoms with E-state index in [1.54, 1.807) is 30.1 Å². The molecule has 2 aromatic heterocycles. The third-order valence-electron chi connectivity index (χ3n) is 4.43. The first kappa shape index (κ1) is 18.4. The molecule has 0 unspecified atom stereocenters. The minimum atomic E-state index is -0.412. The average Bonchev–Trinajstić information content (AvgIpc) is 3.23. The average molecular weight is 390 g/mol. The maximum atomic E-state index is 12.9. The van der Waals surface area contributed by atoms with Crippen molar-refractivity contribution in [1.29, 1.82) is 0 Å². The number of amides is 1. The van der Waals surface area contributed by atoms with E-state index in [0.29, 0.717) is 23.5 Å². The minimum absolute atomic E-state index is 0.128. The Kier molecular flexibility index (Phi) is 4.78. The van der Waals surface area contributed by atoms with Crippen LogP contribution in [0.3, 0.4) is 0 Å². The van der Waals surface area contributed by atoms with Gasteiger partial charge < -0.3 is 14.6 Å². The Labute approximate surface area is 165 Å². The highest BCUT2D eigenvalue weighted by Gasteiger charge is 2.18. The fraction of sp³-hybridized carbons (Fsp3) is 0.150. The van der Waals surface area contributed by atoms with Gasteiger partial charge in [0.15, 0.2) is 5.52 Å². The molecule has 0 radical (unpaired) electrons. The number of carbonyl (C=O) groups is 1. The number of hydrogen-bond acceptors (Lipinski definition) is 6. The Hall–Kier alpha value is -4.01. The summed E-state index contributed by atoms with van der Waals surface area (Å²) in [5, 5.41) is 10.0. The van der Waals surface area contributed by atoms with Gasteiger partial charge in [-0.3, -0.25) is 9.59 Å². The number of ether oxygens (including phenoxy) is 1. The molecule has 0 aliphatic rings. The molecular weight excluding hydrogens is 372 g/mol. The number of nitrogens with one attached hydrogen (secondary N) is 2. The van der Waals surface area contributed by atoms with Crippen LogP contribution in [0.5, 0.6) is 5.75 Å². The van der Waals surface area contributed by atoms with E-state index >= 15 is 0 Å². The SMILES string of the molecule is CCOc1cc(C(=O)N(C)c2ccccc2)ccc1-c1nc2n[nH]nc2c(=O)[nH]1. The Bertz CT molecular complexity index is 1230. The van der Waals surface area contributed by atoms with Gasteiger partial charge in [-0.2, -0.15) is 5.21 Å². The van der Waals surface area contributed by atoms with Crippen LogP contribution in [0.4, 0.5) is 5.69 Å². The largest absolute Gasteiger partial charge is 0.493 e. The fourth-order valence-electron chi connectivity index (χ4n) is 2.97. The first-order valence-electron chi connectivity index (χ1n) is 8.99. The van der Waals surface area contributed by atoms with Crippen LogP contribution >= 0.6 is 0 Å². The van der Waals surface area contributed by atoms with Gasteiger partial charge in [0, 0.05) is 18.3 Å². The second-order valence-corrected chi connectivity index (χ2v) is 6.25. The van der Waals surface area contributed by atoms with Crippen LogP contribution in [0.25, 0.3) is 22.6 Å². The molecule has 0 fully saturated rings. The molecule has 4 rings (SSSR count). The number of fused-ring (bicyclic) bond motifs is 1. The standard InChI is InChI=1S/C20H18N6O3/c1-3-29-15-11-12(20(28)26(2)13-7-5-4-6-8-13)9-10-14(15)17-21-18-16(19(27)22-17)23-25-24-18/h4-11H,3H2,1-2H3,(H2,21,22,23,24,25,27). The van der Waals surface area contributed by atoms with Crippen molar-refractivity contribution < 1.29 is 9.53 Å². The van der Waals surface area contributed by atoms with Crippen molar-refractivity contribution in [1.82, 2.24) is 25.4 Å². The molecule has 146 valence electrons. The number of H-pyrrole nitrogens is 2. The highest BCUT2D eigenvalue weighted by atomic mass is 16.5. The van der Waals surface area contributed by atoms with Crippen molar-refractivity contribution in [3.05, 3.63) is 64.4 Å². The zero-order valence-electron chi connectivity index (χ0n) is 15.8. The molecule has 0 bridgehead atoms. The van der Waals surface area contributed by atoms with E-state index in [1.165, 1.54) is 0 Å². The van der Waals surface area contributed by atoms with Crippen LogP contribution in [0, 0.1) is 0 Å². The van der Waals surface area contributed by atoms with Gasteiger partial charge in [0.2, 0.25) is 5.65 Å². The summed E-state index contributed by atoms with van der Waals surface area (Å²) in [6.45, 7) is 2.22. The summed E-state index contributed by atoms with van der Waals surface area (Å²) in [5.41, 5.74) is 1.70. The van der Waals surface area contributed by atoms with Crippen molar-refractivity contribution >= 4 is 22.8 Å². The number of aromatic nitrogens is 5. The van der Waals surface area contributed by atoms with E-state index in [4.69, 9.17) is 4.74 Å². The van der Waals surface area contributed by atoms with Gasteiger partial charge in [-0.1, -0.05) is 18.2 Å². The molecule has 9 nitrogen and oxygen atoms in total. The zero-order chi connectivity index (χ0) is 20.4. The van der Waals surface area contributed by atoms with Gasteiger partial charge in [-0.05, 0) is 37.3 Å². The summed E-state index contributed by atoms with van der Waals surface area (Å²) >= 11 is 0. The number of hydrogen-bond donors (Lipinski definition) is 2. The van der Waals surface area contributed by atoms with Crippen LogP contribution in [-0.2, 0) is 0 Å². The van der Waals surface area contributed by atoms with Crippen molar-refractivity contribution in [3.8, 4) is 17.1 Å². The van der Waals surface area contributed by atoms with Gasteiger partial charge >= 0.3 is 0 Å². The molecule has 2 heterocycles. The Morgan fingerprint density at radius 1 is 1.14 bits per heavy atom. The van der Waals surface area contributed by atoms with E-state index < -0.39 is 5.56 Å². The zero-order valence-corrected chi connectivity index (χ0v) is 15.8. The van der Waals surface area contributed by atoms with Crippen molar-refractivity contribution in [3.63, 3.8) is 0 Å². The number of aromatic amines is 2. The van der Waals surface area contributed by atoms with Crippen molar-refractivity contribution in [2.75, 3.05) is 18.6 Å². The normalized spacial score (nSPS) is 10.8. The number of anilines is 1. The Balaban J connectivity index is 1.75. The molecule has 1 amide bonds. The lowest BCUT2D eigenvalue weighted by Gasteiger charge is -2.18. The molecule has 0 saturated heterocycles. The number of nitrogens with zero attached hydrogens (tertiary/aromatic N) is 4. The summed E-state index contributed by atoms with van der Waals surface area (Å²) < 4.78 is 5.72. The topological polar surface area (TPSA) is 117 Å². The quantitative estimate of drug-likeness (QED) is 0.540. The second kappa shape index (κ2) is 7.55. The van der Waals surface area contributed by atoms with Gasteiger partial charge in [0.1, 0.15) is 11.6 Å². The molecule has 0 atom stereocenters. The van der Waals surface area contributed by atoms with E-state index in [-0.39, 0.29) is 22.9 Å². The van der Waals surface area contributed by atoms with E-state index in [9.17, 15) is 9.59 Å². The fourth-order valence-corrected chi connectivity index (χ4v) is 2.97. The van der Waals surface area contributed by atoms with Crippen LogP contribution in [0.1, 0.15) is 17.3 Å². The molecule has 2 N–H and O–H groups in total. The summed E-state index contributed by atoms with van der Waals surface area (Å²) in [6, 6.07) is 14.4. The molecule has 9 heteroatoms. The van der Waals surface area contributed by atoms with Crippen LogP contribution in [0.15, 0.2) is 53.3 Å². The molecule has 0 spiro atoms. The number of carbonyl (C=O) groups excluding carboxylic acids is 1. The maximum absolute atomic E-state index is 12.9. The van der Waals surface area contributed by atoms with Gasteiger partial charge in [-0.15, -0.1) is 10.2 Å². The second-order valence-electron chi connectivity index (χ2n) is 6.25. The lowest BCUT2D eigenvalue weighted by atomic mass is 10.1.